The van der Waals surface area contributed by atoms with Crippen molar-refractivity contribution in [1.82, 2.24) is 20.4 Å². The van der Waals surface area contributed by atoms with Crippen LogP contribution in [0.15, 0.2) is 4.99 Å². The molecule has 1 atom stereocenters. The molecule has 7 nitrogen and oxygen atoms in total. The fourth-order valence-corrected chi connectivity index (χ4v) is 4.01. The maximum atomic E-state index is 11.8. The van der Waals surface area contributed by atoms with E-state index in [4.69, 9.17) is 4.74 Å². The topological polar surface area (TPSA) is 69.2 Å². The van der Waals surface area contributed by atoms with Gasteiger partial charge in [0.2, 0.25) is 5.91 Å². The Balaban J connectivity index is 0.00000338. The maximum absolute atomic E-state index is 11.8. The van der Waals surface area contributed by atoms with Crippen molar-refractivity contribution >= 4 is 47.6 Å². The highest BCUT2D eigenvalue weighted by Gasteiger charge is 2.16. The molecule has 0 aliphatic carbocycles. The molecular weight excluding hydrogens is 465 g/mol. The molecule has 0 bridgehead atoms. The first-order chi connectivity index (χ1) is 12.1. The lowest BCUT2D eigenvalue weighted by molar-refractivity contribution is -0.127. The van der Waals surface area contributed by atoms with Crippen LogP contribution in [0.3, 0.4) is 0 Å². The average Bonchev–Trinajstić information content (AvgIpc) is 3.14. The molecule has 0 aromatic heterocycles. The summed E-state index contributed by atoms with van der Waals surface area (Å²) in [5, 5.41) is 7.44. The number of halogens is 1. The van der Waals surface area contributed by atoms with Crippen molar-refractivity contribution in [1.29, 1.82) is 0 Å². The Morgan fingerprint density at radius 2 is 2.08 bits per heavy atom. The number of carbonyl (C=O) groups is 1. The van der Waals surface area contributed by atoms with Crippen molar-refractivity contribution in [2.45, 2.75) is 24.5 Å². The minimum Gasteiger partial charge on any atom is -0.379 e. The molecule has 0 spiro atoms. The number of morpholine rings is 1. The summed E-state index contributed by atoms with van der Waals surface area (Å²) in [6.07, 6.45) is 3.62. The molecule has 2 aliphatic heterocycles. The van der Waals surface area contributed by atoms with Gasteiger partial charge in [-0.05, 0) is 31.6 Å². The molecule has 2 heterocycles. The van der Waals surface area contributed by atoms with Crippen molar-refractivity contribution in [2.75, 3.05) is 72.3 Å². The zero-order valence-corrected chi connectivity index (χ0v) is 19.2. The number of hydrogen-bond donors (Lipinski definition) is 2. The van der Waals surface area contributed by atoms with E-state index in [0.717, 1.165) is 58.3 Å². The molecule has 2 rings (SSSR count). The van der Waals surface area contributed by atoms with Crippen LogP contribution in [0.1, 0.15) is 19.3 Å². The average molecular weight is 499 g/mol. The number of thioether (sulfide) groups is 1. The van der Waals surface area contributed by atoms with Gasteiger partial charge in [-0.3, -0.25) is 9.69 Å². The van der Waals surface area contributed by atoms with Crippen LogP contribution in [-0.4, -0.2) is 99.2 Å². The van der Waals surface area contributed by atoms with Gasteiger partial charge < -0.3 is 20.3 Å². The van der Waals surface area contributed by atoms with Gasteiger partial charge in [-0.25, -0.2) is 4.99 Å². The second-order valence-corrected chi connectivity index (χ2v) is 8.11. The summed E-state index contributed by atoms with van der Waals surface area (Å²) in [7, 11) is 3.52. The SMILES string of the molecule is CN(C)C(=O)CN=C(NCCCN1CCOCC1)NCC1CCCS1.I. The molecule has 9 heteroatoms. The van der Waals surface area contributed by atoms with Crippen LogP contribution in [0.5, 0.6) is 0 Å². The van der Waals surface area contributed by atoms with Crippen LogP contribution < -0.4 is 10.6 Å². The second-order valence-electron chi connectivity index (χ2n) is 6.70. The monoisotopic (exact) mass is 499 g/mol. The Bertz CT molecular complexity index is 427. The van der Waals surface area contributed by atoms with Crippen molar-refractivity contribution in [3.8, 4) is 0 Å². The molecular formula is C17H34IN5O2S. The molecule has 0 aromatic rings. The lowest BCUT2D eigenvalue weighted by Crippen LogP contribution is -2.43. The summed E-state index contributed by atoms with van der Waals surface area (Å²) in [4.78, 5) is 20.2. The Morgan fingerprint density at radius 1 is 1.31 bits per heavy atom. The predicted molar refractivity (Wildman–Crippen MR) is 120 cm³/mol. The molecule has 26 heavy (non-hydrogen) atoms. The van der Waals surface area contributed by atoms with E-state index in [-0.39, 0.29) is 36.4 Å². The minimum absolute atomic E-state index is 0. The van der Waals surface area contributed by atoms with Gasteiger partial charge in [0.1, 0.15) is 6.54 Å². The number of nitrogens with zero attached hydrogens (tertiary/aromatic N) is 3. The molecule has 152 valence electrons. The largest absolute Gasteiger partial charge is 0.379 e. The van der Waals surface area contributed by atoms with Gasteiger partial charge in [-0.1, -0.05) is 0 Å². The van der Waals surface area contributed by atoms with E-state index in [0.29, 0.717) is 5.25 Å². The van der Waals surface area contributed by atoms with Crippen LogP contribution in [0.4, 0.5) is 0 Å². The Hall–Kier alpha value is -0.260. The zero-order valence-electron chi connectivity index (χ0n) is 16.0. The van der Waals surface area contributed by atoms with Gasteiger partial charge in [-0.2, -0.15) is 11.8 Å². The van der Waals surface area contributed by atoms with Gasteiger partial charge >= 0.3 is 0 Å². The molecule has 2 fully saturated rings. The van der Waals surface area contributed by atoms with E-state index >= 15 is 0 Å². The third-order valence-electron chi connectivity index (χ3n) is 4.44. The van der Waals surface area contributed by atoms with Gasteiger partial charge in [0, 0.05) is 45.5 Å². The summed E-state index contributed by atoms with van der Waals surface area (Å²) < 4.78 is 5.37. The molecule has 0 aromatic carbocycles. The van der Waals surface area contributed by atoms with E-state index in [2.05, 4.69) is 20.5 Å². The van der Waals surface area contributed by atoms with E-state index in [9.17, 15) is 4.79 Å². The summed E-state index contributed by atoms with van der Waals surface area (Å²) in [6, 6.07) is 0. The number of carbonyl (C=O) groups excluding carboxylic acids is 1. The third kappa shape index (κ3) is 9.61. The number of ether oxygens (including phenoxy) is 1. The van der Waals surface area contributed by atoms with Crippen LogP contribution in [0, 0.1) is 0 Å². The molecule has 1 amide bonds. The normalized spacial score (nSPS) is 21.2. The lowest BCUT2D eigenvalue weighted by Gasteiger charge is -2.26. The van der Waals surface area contributed by atoms with Crippen LogP contribution in [0.2, 0.25) is 0 Å². The molecule has 0 saturated carbocycles. The quantitative estimate of drug-likeness (QED) is 0.224. The number of hydrogen-bond acceptors (Lipinski definition) is 5. The Kier molecular flexibility index (Phi) is 12.7. The smallest absolute Gasteiger partial charge is 0.243 e. The highest BCUT2D eigenvalue weighted by Crippen LogP contribution is 2.25. The Labute approximate surface area is 179 Å². The summed E-state index contributed by atoms with van der Waals surface area (Å²) in [5.41, 5.74) is 0. The van der Waals surface area contributed by atoms with Crippen molar-refractivity contribution in [3.63, 3.8) is 0 Å². The summed E-state index contributed by atoms with van der Waals surface area (Å²) in [6.45, 7) is 6.75. The number of likely N-dealkylation sites (N-methyl/N-ethyl adjacent to an activating group) is 1. The zero-order chi connectivity index (χ0) is 17.9. The first-order valence-corrected chi connectivity index (χ1v) is 10.3. The first-order valence-electron chi connectivity index (χ1n) is 9.29. The summed E-state index contributed by atoms with van der Waals surface area (Å²) in [5.74, 6) is 2.03. The minimum atomic E-state index is 0. The second kappa shape index (κ2) is 13.8. The maximum Gasteiger partial charge on any atom is 0.243 e. The standard InChI is InChI=1S/C17H33N5O2S.HI/c1-21(2)16(23)14-20-17(19-13-15-5-3-12-25-15)18-6-4-7-22-8-10-24-11-9-22;/h15H,3-14H2,1-2H3,(H2,18,19,20);1H. The molecule has 1 unspecified atom stereocenters. The van der Waals surface area contributed by atoms with Crippen molar-refractivity contribution in [3.05, 3.63) is 0 Å². The highest BCUT2D eigenvalue weighted by molar-refractivity contribution is 14.0. The molecule has 2 N–H and O–H groups in total. The number of amides is 1. The van der Waals surface area contributed by atoms with Crippen LogP contribution in [-0.2, 0) is 9.53 Å². The van der Waals surface area contributed by atoms with E-state index < -0.39 is 0 Å². The highest BCUT2D eigenvalue weighted by atomic mass is 127. The summed E-state index contributed by atoms with van der Waals surface area (Å²) >= 11 is 2.02. The lowest BCUT2D eigenvalue weighted by atomic mass is 10.2. The van der Waals surface area contributed by atoms with Gasteiger partial charge in [0.15, 0.2) is 5.96 Å². The van der Waals surface area contributed by atoms with E-state index in [1.54, 1.807) is 19.0 Å². The van der Waals surface area contributed by atoms with Gasteiger partial charge in [0.05, 0.1) is 13.2 Å². The van der Waals surface area contributed by atoms with Crippen LogP contribution >= 0.6 is 35.7 Å². The Morgan fingerprint density at radius 3 is 2.73 bits per heavy atom. The number of guanidine groups is 1. The first kappa shape index (κ1) is 23.8. The molecule has 2 saturated heterocycles. The molecule has 2 aliphatic rings. The van der Waals surface area contributed by atoms with Crippen LogP contribution in [0.25, 0.3) is 0 Å². The van der Waals surface area contributed by atoms with Crippen molar-refractivity contribution in [2.24, 2.45) is 4.99 Å². The fourth-order valence-electron chi connectivity index (χ4n) is 2.81. The van der Waals surface area contributed by atoms with Gasteiger partial charge in [0.25, 0.3) is 0 Å². The third-order valence-corrected chi connectivity index (χ3v) is 5.84. The number of aliphatic imine (C=N–C) groups is 1. The van der Waals surface area contributed by atoms with E-state index in [1.807, 2.05) is 11.8 Å². The fraction of sp³-hybridized carbons (Fsp3) is 0.882. The number of rotatable bonds is 8. The van der Waals surface area contributed by atoms with Gasteiger partial charge in [-0.15, -0.1) is 24.0 Å². The van der Waals surface area contributed by atoms with Crippen molar-refractivity contribution < 1.29 is 9.53 Å². The molecule has 0 radical (unpaired) electrons. The number of nitrogens with one attached hydrogen (secondary N) is 2. The predicted octanol–water partition coefficient (Wildman–Crippen LogP) is 0.846. The van der Waals surface area contributed by atoms with E-state index in [1.165, 1.54) is 18.6 Å².